The lowest BCUT2D eigenvalue weighted by Crippen LogP contribution is -1.48. The van der Waals surface area contributed by atoms with Gasteiger partial charge in [0.15, 0.2) is 0 Å². The van der Waals surface area contributed by atoms with E-state index in [1.807, 2.05) is 26.0 Å². The number of hydrogen-bond donors (Lipinski definition) is 0. The highest BCUT2D eigenvalue weighted by molar-refractivity contribution is 4.85. The highest BCUT2D eigenvalue weighted by Gasteiger charge is 1.57. The van der Waals surface area contributed by atoms with Gasteiger partial charge in [-0.05, 0) is 20.3 Å². The van der Waals surface area contributed by atoms with E-state index in [0.29, 0.717) is 0 Å². The van der Waals surface area contributed by atoms with Crippen LogP contribution in [0.3, 0.4) is 0 Å². The summed E-state index contributed by atoms with van der Waals surface area (Å²) in [5.41, 5.74) is 0. The zero-order chi connectivity index (χ0) is 7.54. The van der Waals surface area contributed by atoms with Gasteiger partial charge in [-0.15, -0.1) is 13.2 Å². The molecule has 0 aliphatic rings. The van der Waals surface area contributed by atoms with Gasteiger partial charge in [0.25, 0.3) is 0 Å². The third-order valence-corrected chi connectivity index (χ3v) is 0.538. The van der Waals surface area contributed by atoms with Crippen LogP contribution >= 0.6 is 0 Å². The summed E-state index contributed by atoms with van der Waals surface area (Å²) in [6.45, 7) is 10.8. The van der Waals surface area contributed by atoms with Crippen molar-refractivity contribution < 1.29 is 0 Å². The molecule has 0 aromatic rings. The molecule has 0 bridgehead atoms. The molecule has 0 N–H and O–H groups in total. The minimum Gasteiger partial charge on any atom is -0.103 e. The minimum absolute atomic E-state index is 0.997. The summed E-state index contributed by atoms with van der Waals surface area (Å²) >= 11 is 0. The first-order valence-electron chi connectivity index (χ1n) is 3.12. The summed E-state index contributed by atoms with van der Waals surface area (Å²) in [7, 11) is 0. The SMILES string of the molecule is C=CC.C=CCC=CC. The van der Waals surface area contributed by atoms with Gasteiger partial charge in [0.1, 0.15) is 0 Å². The highest BCUT2D eigenvalue weighted by atomic mass is 13.6. The van der Waals surface area contributed by atoms with Crippen LogP contribution in [-0.4, -0.2) is 0 Å². The summed E-state index contributed by atoms with van der Waals surface area (Å²) < 4.78 is 0. The first-order valence-corrected chi connectivity index (χ1v) is 3.12. The lowest BCUT2D eigenvalue weighted by Gasteiger charge is -1.69. The molecule has 0 aliphatic heterocycles. The molecule has 0 saturated carbocycles. The van der Waals surface area contributed by atoms with Gasteiger partial charge in [-0.25, -0.2) is 0 Å². The average Bonchev–Trinajstić information content (AvgIpc) is 1.86. The number of allylic oxidation sites excluding steroid dienone is 4. The van der Waals surface area contributed by atoms with Gasteiger partial charge in [0.2, 0.25) is 0 Å². The van der Waals surface area contributed by atoms with Crippen molar-refractivity contribution in [3.05, 3.63) is 37.5 Å². The zero-order valence-electron chi connectivity index (χ0n) is 6.43. The van der Waals surface area contributed by atoms with Crippen LogP contribution in [0.15, 0.2) is 37.5 Å². The van der Waals surface area contributed by atoms with E-state index in [1.54, 1.807) is 6.08 Å². The molecule has 9 heavy (non-hydrogen) atoms. The van der Waals surface area contributed by atoms with Crippen molar-refractivity contribution in [3.63, 3.8) is 0 Å². The zero-order valence-corrected chi connectivity index (χ0v) is 6.43. The largest absolute Gasteiger partial charge is 0.103 e. The van der Waals surface area contributed by atoms with Crippen LogP contribution in [0.5, 0.6) is 0 Å². The van der Waals surface area contributed by atoms with Crippen molar-refractivity contribution in [1.29, 1.82) is 0 Å². The van der Waals surface area contributed by atoms with E-state index in [4.69, 9.17) is 0 Å². The molecule has 0 heteroatoms. The van der Waals surface area contributed by atoms with Crippen molar-refractivity contribution in [2.75, 3.05) is 0 Å². The lowest BCUT2D eigenvalue weighted by atomic mass is 10.4. The van der Waals surface area contributed by atoms with E-state index in [1.165, 1.54) is 0 Å². The first kappa shape index (κ1) is 11.1. The van der Waals surface area contributed by atoms with Gasteiger partial charge in [-0.2, -0.15) is 0 Å². The molecular formula is C9H16. The quantitative estimate of drug-likeness (QED) is 0.495. The van der Waals surface area contributed by atoms with Gasteiger partial charge in [0, 0.05) is 0 Å². The molecule has 0 aliphatic carbocycles. The molecule has 0 amide bonds. The molecule has 0 rings (SSSR count). The fraction of sp³-hybridized carbons (Fsp3) is 0.333. The smallest absolute Gasteiger partial charge is 0.0172 e. The van der Waals surface area contributed by atoms with Gasteiger partial charge in [-0.3, -0.25) is 0 Å². The van der Waals surface area contributed by atoms with Gasteiger partial charge >= 0.3 is 0 Å². The second-order valence-electron chi connectivity index (χ2n) is 1.50. The van der Waals surface area contributed by atoms with Gasteiger partial charge in [0.05, 0.1) is 0 Å². The Labute approximate surface area is 58.6 Å². The van der Waals surface area contributed by atoms with Crippen molar-refractivity contribution in [2.24, 2.45) is 0 Å². The van der Waals surface area contributed by atoms with E-state index in [-0.39, 0.29) is 0 Å². The summed E-state index contributed by atoms with van der Waals surface area (Å²) in [4.78, 5) is 0. The van der Waals surface area contributed by atoms with Crippen LogP contribution in [-0.2, 0) is 0 Å². The molecule has 0 radical (unpaired) electrons. The fourth-order valence-corrected chi connectivity index (χ4v) is 0.232. The van der Waals surface area contributed by atoms with Crippen molar-refractivity contribution in [1.82, 2.24) is 0 Å². The minimum atomic E-state index is 0.997. The maximum Gasteiger partial charge on any atom is -0.0172 e. The second kappa shape index (κ2) is 15.7. The van der Waals surface area contributed by atoms with Crippen LogP contribution < -0.4 is 0 Å². The summed E-state index contributed by atoms with van der Waals surface area (Å²) in [6.07, 6.45) is 8.70. The molecule has 0 fully saturated rings. The van der Waals surface area contributed by atoms with Crippen LogP contribution in [0.4, 0.5) is 0 Å². The normalized spacial score (nSPS) is 7.78. The molecule has 0 saturated heterocycles. The van der Waals surface area contributed by atoms with Crippen LogP contribution in [0.1, 0.15) is 20.3 Å². The molecule has 52 valence electrons. The van der Waals surface area contributed by atoms with Crippen LogP contribution in [0.2, 0.25) is 0 Å². The Morgan fingerprint density at radius 1 is 1.22 bits per heavy atom. The van der Waals surface area contributed by atoms with Crippen molar-refractivity contribution in [3.8, 4) is 0 Å². The summed E-state index contributed by atoms with van der Waals surface area (Å²) in [5.74, 6) is 0. The summed E-state index contributed by atoms with van der Waals surface area (Å²) in [5, 5.41) is 0. The van der Waals surface area contributed by atoms with Crippen LogP contribution in [0, 0.1) is 0 Å². The Morgan fingerprint density at radius 3 is 1.78 bits per heavy atom. The van der Waals surface area contributed by atoms with E-state index in [9.17, 15) is 0 Å². The van der Waals surface area contributed by atoms with E-state index < -0.39 is 0 Å². The average molecular weight is 124 g/mol. The van der Waals surface area contributed by atoms with Crippen molar-refractivity contribution >= 4 is 0 Å². The first-order chi connectivity index (χ1) is 4.33. The van der Waals surface area contributed by atoms with Gasteiger partial charge < -0.3 is 0 Å². The maximum atomic E-state index is 3.55. The number of hydrogen-bond acceptors (Lipinski definition) is 0. The van der Waals surface area contributed by atoms with Gasteiger partial charge in [-0.1, -0.05) is 24.3 Å². The number of rotatable bonds is 2. The Bertz CT molecular complexity index is 78.0. The standard InChI is InChI=1S/C6H10.C3H6/c1-3-5-6-4-2;1-3-2/h3-4,6H,1,5H2,2H3;3H,1H2,2H3. The Hall–Kier alpha value is -0.780. The molecule has 0 spiro atoms. The van der Waals surface area contributed by atoms with Crippen LogP contribution in [0.25, 0.3) is 0 Å². The predicted octanol–water partition coefficient (Wildman–Crippen LogP) is 3.33. The lowest BCUT2D eigenvalue weighted by molar-refractivity contribution is 1.39. The Balaban J connectivity index is 0. The predicted molar refractivity (Wildman–Crippen MR) is 45.5 cm³/mol. The highest BCUT2D eigenvalue weighted by Crippen LogP contribution is 1.78. The third-order valence-electron chi connectivity index (χ3n) is 0.538. The molecule has 0 unspecified atom stereocenters. The summed E-state index contributed by atoms with van der Waals surface area (Å²) in [6, 6.07) is 0. The Morgan fingerprint density at radius 2 is 1.67 bits per heavy atom. The monoisotopic (exact) mass is 124 g/mol. The molecule has 0 heterocycles. The topological polar surface area (TPSA) is 0 Å². The fourth-order valence-electron chi connectivity index (χ4n) is 0.232. The van der Waals surface area contributed by atoms with Crippen molar-refractivity contribution in [2.45, 2.75) is 20.3 Å². The molecular weight excluding hydrogens is 108 g/mol. The molecule has 0 atom stereocenters. The van der Waals surface area contributed by atoms with E-state index >= 15 is 0 Å². The molecule has 0 nitrogen and oxygen atoms in total. The molecule has 0 aromatic carbocycles. The third kappa shape index (κ3) is 39.9. The Kier molecular flexibility index (Phi) is 19.3. The van der Waals surface area contributed by atoms with E-state index in [0.717, 1.165) is 6.42 Å². The second-order valence-corrected chi connectivity index (χ2v) is 1.50. The van der Waals surface area contributed by atoms with E-state index in [2.05, 4.69) is 19.2 Å². The molecule has 0 aromatic heterocycles. The maximum absolute atomic E-state index is 3.55.